The Hall–Kier alpha value is -3.94. The first-order valence-electron chi connectivity index (χ1n) is 12.1. The van der Waals surface area contributed by atoms with Crippen LogP contribution < -0.4 is 10.2 Å². The van der Waals surface area contributed by atoms with Gasteiger partial charge in [0.05, 0.1) is 18.2 Å². The molecule has 4 aromatic carbocycles. The lowest BCUT2D eigenvalue weighted by Crippen LogP contribution is -2.29. The van der Waals surface area contributed by atoms with Crippen LogP contribution in [0.5, 0.6) is 11.5 Å². The molecule has 7 heteroatoms. The minimum atomic E-state index is -0.774. The highest BCUT2D eigenvalue weighted by molar-refractivity contribution is 7.80. The Bertz CT molecular complexity index is 1380. The minimum absolute atomic E-state index is 0.0307. The summed E-state index contributed by atoms with van der Waals surface area (Å²) in [7, 11) is 0. The average Bonchev–Trinajstić information content (AvgIpc) is 3.23. The van der Waals surface area contributed by atoms with Crippen molar-refractivity contribution in [1.29, 1.82) is 0 Å². The molecule has 3 atom stereocenters. The van der Waals surface area contributed by atoms with E-state index in [1.165, 1.54) is 24.3 Å². The summed E-state index contributed by atoms with van der Waals surface area (Å²) in [5.74, 6) is -0.418. The molecule has 0 saturated carbocycles. The zero-order valence-electron chi connectivity index (χ0n) is 20.0. The zero-order chi connectivity index (χ0) is 25.9. The maximum Gasteiger partial charge on any atom is 0.174 e. The monoisotopic (exact) mass is 514 g/mol. The highest BCUT2D eigenvalue weighted by atomic mass is 32.1. The van der Waals surface area contributed by atoms with Gasteiger partial charge in [-0.1, -0.05) is 54.6 Å². The molecule has 0 bridgehead atoms. The smallest absolute Gasteiger partial charge is 0.174 e. The molecule has 1 aliphatic heterocycles. The van der Waals surface area contributed by atoms with E-state index in [4.69, 9.17) is 12.2 Å². The molecule has 1 heterocycles. The van der Waals surface area contributed by atoms with E-state index in [2.05, 4.69) is 17.4 Å². The summed E-state index contributed by atoms with van der Waals surface area (Å²) in [5.41, 5.74) is 4.29. The highest BCUT2D eigenvalue weighted by Gasteiger charge is 2.40. The van der Waals surface area contributed by atoms with Crippen molar-refractivity contribution in [3.8, 4) is 22.6 Å². The molecule has 1 fully saturated rings. The van der Waals surface area contributed by atoms with Crippen LogP contribution in [0.15, 0.2) is 97.1 Å². The van der Waals surface area contributed by atoms with Crippen molar-refractivity contribution >= 4 is 23.0 Å². The van der Waals surface area contributed by atoms with Gasteiger partial charge in [0.1, 0.15) is 17.3 Å². The number of aliphatic hydroxyl groups excluding tert-OH is 1. The third kappa shape index (κ3) is 5.28. The summed E-state index contributed by atoms with van der Waals surface area (Å²) in [4.78, 5) is 1.96. The minimum Gasteiger partial charge on any atom is -0.508 e. The number of phenolic OH excluding ortho intramolecular Hbond substituents is 2. The van der Waals surface area contributed by atoms with Gasteiger partial charge in [-0.3, -0.25) is 0 Å². The summed E-state index contributed by atoms with van der Waals surface area (Å²) in [6, 6.07) is 27.9. The molecule has 188 valence electrons. The van der Waals surface area contributed by atoms with Crippen LogP contribution in [0.2, 0.25) is 0 Å². The average molecular weight is 515 g/mol. The van der Waals surface area contributed by atoms with Crippen LogP contribution in [0, 0.1) is 5.82 Å². The van der Waals surface area contributed by atoms with Crippen molar-refractivity contribution in [2.75, 3.05) is 4.90 Å². The summed E-state index contributed by atoms with van der Waals surface area (Å²) in [6.07, 6.45) is 0.161. The Morgan fingerprint density at radius 1 is 0.865 bits per heavy atom. The van der Waals surface area contributed by atoms with E-state index in [-0.39, 0.29) is 29.4 Å². The van der Waals surface area contributed by atoms with Crippen LogP contribution in [-0.4, -0.2) is 26.5 Å². The normalized spacial score (nSPS) is 18.0. The van der Waals surface area contributed by atoms with Gasteiger partial charge >= 0.3 is 0 Å². The molecule has 1 saturated heterocycles. The van der Waals surface area contributed by atoms with Crippen molar-refractivity contribution in [2.24, 2.45) is 0 Å². The first-order chi connectivity index (χ1) is 17.9. The standard InChI is InChI=1S/C30H27FN2O3S/c31-22-10-6-21(7-11-22)27(35)17-16-26-29(25-15-14-24(34)18-28(25)36)33(30(37)32-26)23-12-8-20(9-13-23)19-4-2-1-3-5-19/h1-15,18,26-27,29,34-36H,16-17H2,(H,32,37). The summed E-state index contributed by atoms with van der Waals surface area (Å²) >= 11 is 5.74. The number of halogens is 1. The van der Waals surface area contributed by atoms with Gasteiger partial charge in [-0.05, 0) is 78.1 Å². The van der Waals surface area contributed by atoms with Gasteiger partial charge < -0.3 is 25.5 Å². The molecule has 4 aromatic rings. The predicted octanol–water partition coefficient (Wildman–Crippen LogP) is 6.22. The Balaban J connectivity index is 1.44. The van der Waals surface area contributed by atoms with Crippen molar-refractivity contribution in [2.45, 2.75) is 31.0 Å². The number of rotatable bonds is 7. The number of thiocarbonyl (C=S) groups is 1. The van der Waals surface area contributed by atoms with Crippen LogP contribution in [0.1, 0.15) is 36.1 Å². The number of nitrogens with zero attached hydrogens (tertiary/aromatic N) is 1. The molecule has 3 unspecified atom stereocenters. The van der Waals surface area contributed by atoms with Crippen molar-refractivity contribution in [3.05, 3.63) is 114 Å². The van der Waals surface area contributed by atoms with Crippen molar-refractivity contribution in [3.63, 3.8) is 0 Å². The van der Waals surface area contributed by atoms with E-state index in [9.17, 15) is 19.7 Å². The largest absolute Gasteiger partial charge is 0.508 e. The lowest BCUT2D eigenvalue weighted by Gasteiger charge is -2.29. The molecule has 0 aliphatic carbocycles. The maximum absolute atomic E-state index is 13.3. The molecule has 5 nitrogen and oxygen atoms in total. The molecule has 5 rings (SSSR count). The van der Waals surface area contributed by atoms with Gasteiger partial charge in [-0.15, -0.1) is 0 Å². The van der Waals surface area contributed by atoms with E-state index in [0.29, 0.717) is 29.1 Å². The van der Waals surface area contributed by atoms with Crippen molar-refractivity contribution < 1.29 is 19.7 Å². The van der Waals surface area contributed by atoms with E-state index in [1.54, 1.807) is 18.2 Å². The molecule has 0 spiro atoms. The van der Waals surface area contributed by atoms with E-state index in [1.807, 2.05) is 47.4 Å². The Labute approximate surface area is 220 Å². The highest BCUT2D eigenvalue weighted by Crippen LogP contribution is 2.41. The number of hydrogen-bond donors (Lipinski definition) is 4. The van der Waals surface area contributed by atoms with Crippen LogP contribution in [0.25, 0.3) is 11.1 Å². The Morgan fingerprint density at radius 3 is 2.22 bits per heavy atom. The van der Waals surface area contributed by atoms with E-state index in [0.717, 1.165) is 16.8 Å². The molecule has 0 aromatic heterocycles. The number of hydrogen-bond acceptors (Lipinski definition) is 4. The molecule has 4 N–H and O–H groups in total. The second-order valence-electron chi connectivity index (χ2n) is 9.17. The van der Waals surface area contributed by atoms with Crippen LogP contribution in [0.3, 0.4) is 0 Å². The van der Waals surface area contributed by atoms with Crippen LogP contribution >= 0.6 is 12.2 Å². The van der Waals surface area contributed by atoms with Crippen LogP contribution in [0.4, 0.5) is 10.1 Å². The van der Waals surface area contributed by atoms with Gasteiger partial charge in [-0.25, -0.2) is 4.39 Å². The van der Waals surface area contributed by atoms with E-state index < -0.39 is 6.10 Å². The van der Waals surface area contributed by atoms with Gasteiger partial charge in [-0.2, -0.15) is 0 Å². The Morgan fingerprint density at radius 2 is 1.54 bits per heavy atom. The fourth-order valence-corrected chi connectivity index (χ4v) is 5.26. The molecule has 37 heavy (non-hydrogen) atoms. The number of benzene rings is 4. The molecular weight excluding hydrogens is 487 g/mol. The van der Waals surface area contributed by atoms with Gasteiger partial charge in [0.25, 0.3) is 0 Å². The second kappa shape index (κ2) is 10.6. The topological polar surface area (TPSA) is 76.0 Å². The number of phenols is 2. The number of nitrogens with one attached hydrogen (secondary N) is 1. The van der Waals surface area contributed by atoms with Crippen molar-refractivity contribution in [1.82, 2.24) is 5.32 Å². The Kier molecular flexibility index (Phi) is 7.08. The fourth-order valence-electron chi connectivity index (χ4n) is 4.89. The van der Waals surface area contributed by atoms with Gasteiger partial charge in [0, 0.05) is 17.3 Å². The number of anilines is 1. The first kappa shape index (κ1) is 24.7. The van der Waals surface area contributed by atoms with Crippen LogP contribution in [-0.2, 0) is 0 Å². The summed E-state index contributed by atoms with van der Waals surface area (Å²) in [5, 5.41) is 35.2. The van der Waals surface area contributed by atoms with Gasteiger partial charge in [0.15, 0.2) is 5.11 Å². The molecule has 0 amide bonds. The van der Waals surface area contributed by atoms with Gasteiger partial charge in [0.2, 0.25) is 0 Å². The summed E-state index contributed by atoms with van der Waals surface area (Å²) < 4.78 is 13.3. The number of aromatic hydroxyl groups is 2. The number of aliphatic hydroxyl groups is 1. The second-order valence-corrected chi connectivity index (χ2v) is 9.56. The third-order valence-corrected chi connectivity index (χ3v) is 7.09. The maximum atomic E-state index is 13.3. The first-order valence-corrected chi connectivity index (χ1v) is 12.5. The summed E-state index contributed by atoms with van der Waals surface area (Å²) in [6.45, 7) is 0. The SMILES string of the molecule is Oc1ccc(C2C(CCC(O)c3ccc(F)cc3)NC(=S)N2c2ccc(-c3ccccc3)cc2)c(O)c1. The van der Waals surface area contributed by atoms with E-state index >= 15 is 0 Å². The lowest BCUT2D eigenvalue weighted by molar-refractivity contribution is 0.159. The molecular formula is C30H27FN2O3S. The molecule has 1 aliphatic rings. The predicted molar refractivity (Wildman–Crippen MR) is 147 cm³/mol. The molecule has 0 radical (unpaired) electrons. The fraction of sp³-hybridized carbons (Fsp3) is 0.167. The quantitative estimate of drug-likeness (QED) is 0.219. The third-order valence-electron chi connectivity index (χ3n) is 6.78. The zero-order valence-corrected chi connectivity index (χ0v) is 20.8. The lowest BCUT2D eigenvalue weighted by atomic mass is 9.92.